The molecule has 0 bridgehead atoms. The molecule has 0 aliphatic rings. The predicted octanol–water partition coefficient (Wildman–Crippen LogP) is 2.76. The van der Waals surface area contributed by atoms with E-state index in [2.05, 4.69) is 15.4 Å². The quantitative estimate of drug-likeness (QED) is 0.567. The smallest absolute Gasteiger partial charge is 0.303 e. The molecular formula is C21H24N4O4. The molecule has 0 saturated carbocycles. The zero-order valence-electron chi connectivity index (χ0n) is 16.7. The third kappa shape index (κ3) is 4.90. The van der Waals surface area contributed by atoms with Crippen LogP contribution in [0.3, 0.4) is 0 Å². The van der Waals surface area contributed by atoms with Crippen molar-refractivity contribution in [2.75, 3.05) is 6.61 Å². The molecule has 0 aliphatic heterocycles. The molecule has 8 nitrogen and oxygen atoms in total. The van der Waals surface area contributed by atoms with Gasteiger partial charge in [-0.3, -0.25) is 14.3 Å². The lowest BCUT2D eigenvalue weighted by Gasteiger charge is -2.09. The highest BCUT2D eigenvalue weighted by molar-refractivity contribution is 6.06. The Hall–Kier alpha value is -3.42. The number of rotatable bonds is 8. The Morgan fingerprint density at radius 3 is 2.62 bits per heavy atom. The molecule has 1 aromatic carbocycles. The minimum atomic E-state index is -0.831. The molecule has 0 spiro atoms. The first-order valence-electron chi connectivity index (χ1n) is 9.38. The third-order valence-corrected chi connectivity index (χ3v) is 4.52. The number of nitrogens with zero attached hydrogens (tertiary/aromatic N) is 3. The van der Waals surface area contributed by atoms with Crippen molar-refractivity contribution < 1.29 is 19.4 Å². The van der Waals surface area contributed by atoms with E-state index < -0.39 is 5.97 Å². The van der Waals surface area contributed by atoms with Crippen molar-refractivity contribution in [2.24, 2.45) is 7.05 Å². The van der Waals surface area contributed by atoms with Gasteiger partial charge in [0.05, 0.1) is 23.3 Å². The number of benzene rings is 1. The Morgan fingerprint density at radius 2 is 1.93 bits per heavy atom. The number of carboxylic acid groups (broad SMARTS) is 1. The van der Waals surface area contributed by atoms with Crippen molar-refractivity contribution in [3.63, 3.8) is 0 Å². The summed E-state index contributed by atoms with van der Waals surface area (Å²) in [7, 11) is 1.81. The fourth-order valence-corrected chi connectivity index (χ4v) is 3.14. The van der Waals surface area contributed by atoms with E-state index in [0.29, 0.717) is 36.5 Å². The lowest BCUT2D eigenvalue weighted by Crippen LogP contribution is -2.23. The fourth-order valence-electron chi connectivity index (χ4n) is 3.14. The molecule has 2 heterocycles. The first-order valence-corrected chi connectivity index (χ1v) is 9.38. The van der Waals surface area contributed by atoms with Crippen molar-refractivity contribution in [1.29, 1.82) is 0 Å². The number of aryl methyl sites for hydroxylation is 3. The molecule has 0 aliphatic carbocycles. The first kappa shape index (κ1) is 20.3. The number of hydrogen-bond donors (Lipinski definition) is 2. The van der Waals surface area contributed by atoms with Crippen LogP contribution in [0.5, 0.6) is 5.75 Å². The van der Waals surface area contributed by atoms with Crippen molar-refractivity contribution in [3.05, 3.63) is 52.8 Å². The van der Waals surface area contributed by atoms with E-state index >= 15 is 0 Å². The van der Waals surface area contributed by atoms with Gasteiger partial charge in [-0.15, -0.1) is 0 Å². The molecule has 8 heteroatoms. The van der Waals surface area contributed by atoms with Gasteiger partial charge in [-0.1, -0.05) is 12.1 Å². The Balaban J connectivity index is 1.63. The number of aromatic nitrogens is 3. The Bertz CT molecular complexity index is 1040. The summed E-state index contributed by atoms with van der Waals surface area (Å²) in [5.74, 6) is -0.337. The maximum Gasteiger partial charge on any atom is 0.303 e. The third-order valence-electron chi connectivity index (χ3n) is 4.52. The second-order valence-corrected chi connectivity index (χ2v) is 6.89. The maximum atomic E-state index is 12.8. The van der Waals surface area contributed by atoms with Gasteiger partial charge in [-0.25, -0.2) is 4.98 Å². The number of carbonyl (C=O) groups excluding carboxylic acids is 1. The summed E-state index contributed by atoms with van der Waals surface area (Å²) in [4.78, 5) is 27.8. The highest BCUT2D eigenvalue weighted by atomic mass is 16.5. The number of pyridine rings is 1. The first-order chi connectivity index (χ1) is 13.8. The molecular weight excluding hydrogens is 372 g/mol. The number of amides is 1. The molecule has 2 aromatic heterocycles. The number of carboxylic acids is 1. The van der Waals surface area contributed by atoms with E-state index in [1.165, 1.54) is 0 Å². The SMILES string of the molecule is Cc1cc(C(=O)NCc2ccc(OCCCC(=O)O)cc2)c2c(C)nn(C)c2n1. The number of aliphatic carboxylic acids is 1. The zero-order valence-corrected chi connectivity index (χ0v) is 16.7. The van der Waals surface area contributed by atoms with Gasteiger partial charge in [0.2, 0.25) is 0 Å². The van der Waals surface area contributed by atoms with E-state index in [-0.39, 0.29) is 12.3 Å². The molecule has 2 N–H and O–H groups in total. The van der Waals surface area contributed by atoms with E-state index in [0.717, 1.165) is 22.3 Å². The highest BCUT2D eigenvalue weighted by Gasteiger charge is 2.17. The van der Waals surface area contributed by atoms with Crippen LogP contribution in [0.15, 0.2) is 30.3 Å². The molecule has 3 rings (SSSR count). The van der Waals surface area contributed by atoms with Crippen LogP contribution in [-0.4, -0.2) is 38.4 Å². The second-order valence-electron chi connectivity index (χ2n) is 6.89. The Morgan fingerprint density at radius 1 is 1.21 bits per heavy atom. The van der Waals surface area contributed by atoms with Gasteiger partial charge in [0, 0.05) is 25.7 Å². The largest absolute Gasteiger partial charge is 0.494 e. The normalized spacial score (nSPS) is 10.9. The zero-order chi connectivity index (χ0) is 21.0. The van der Waals surface area contributed by atoms with E-state index in [9.17, 15) is 9.59 Å². The molecule has 0 saturated heterocycles. The minimum Gasteiger partial charge on any atom is -0.494 e. The van der Waals surface area contributed by atoms with Gasteiger partial charge < -0.3 is 15.2 Å². The highest BCUT2D eigenvalue weighted by Crippen LogP contribution is 2.21. The van der Waals surface area contributed by atoms with Crippen LogP contribution in [0.4, 0.5) is 0 Å². The maximum absolute atomic E-state index is 12.8. The Kier molecular flexibility index (Phi) is 6.11. The summed E-state index contributed by atoms with van der Waals surface area (Å²) in [5.41, 5.74) is 3.72. The number of carbonyl (C=O) groups is 2. The van der Waals surface area contributed by atoms with Crippen LogP contribution >= 0.6 is 0 Å². The molecule has 1 amide bonds. The Labute approximate surface area is 168 Å². The topological polar surface area (TPSA) is 106 Å². The fraction of sp³-hybridized carbons (Fsp3) is 0.333. The van der Waals surface area contributed by atoms with Crippen molar-refractivity contribution >= 4 is 22.9 Å². The van der Waals surface area contributed by atoms with Crippen LogP contribution in [0, 0.1) is 13.8 Å². The van der Waals surface area contributed by atoms with Crippen LogP contribution < -0.4 is 10.1 Å². The average Bonchev–Trinajstić information content (AvgIpc) is 2.97. The van der Waals surface area contributed by atoms with Gasteiger partial charge >= 0.3 is 5.97 Å². The lowest BCUT2D eigenvalue weighted by molar-refractivity contribution is -0.137. The van der Waals surface area contributed by atoms with Gasteiger partial charge in [-0.05, 0) is 44.0 Å². The van der Waals surface area contributed by atoms with Crippen molar-refractivity contribution in [2.45, 2.75) is 33.2 Å². The van der Waals surface area contributed by atoms with E-state index in [4.69, 9.17) is 9.84 Å². The van der Waals surface area contributed by atoms with Crippen molar-refractivity contribution in [3.8, 4) is 5.75 Å². The molecule has 0 unspecified atom stereocenters. The molecule has 3 aromatic rings. The summed E-state index contributed by atoms with van der Waals surface area (Å²) in [6, 6.07) is 9.13. The average molecular weight is 396 g/mol. The van der Waals surface area contributed by atoms with E-state index in [1.807, 2.05) is 45.2 Å². The molecule has 0 radical (unpaired) electrons. The minimum absolute atomic E-state index is 0.0856. The van der Waals surface area contributed by atoms with Crippen LogP contribution in [-0.2, 0) is 18.4 Å². The monoisotopic (exact) mass is 396 g/mol. The molecule has 152 valence electrons. The van der Waals surface area contributed by atoms with Gasteiger partial charge in [0.25, 0.3) is 5.91 Å². The lowest BCUT2D eigenvalue weighted by atomic mass is 10.1. The van der Waals surface area contributed by atoms with Gasteiger partial charge in [0.15, 0.2) is 5.65 Å². The summed E-state index contributed by atoms with van der Waals surface area (Å²) in [5, 5.41) is 16.7. The van der Waals surface area contributed by atoms with E-state index in [1.54, 1.807) is 10.7 Å². The van der Waals surface area contributed by atoms with Crippen molar-refractivity contribution in [1.82, 2.24) is 20.1 Å². The molecule has 0 fully saturated rings. The van der Waals surface area contributed by atoms with Crippen LogP contribution in [0.1, 0.15) is 40.2 Å². The van der Waals surface area contributed by atoms with Gasteiger partial charge in [0.1, 0.15) is 5.75 Å². The van der Waals surface area contributed by atoms with Gasteiger partial charge in [-0.2, -0.15) is 5.10 Å². The molecule has 29 heavy (non-hydrogen) atoms. The van der Waals surface area contributed by atoms with Crippen LogP contribution in [0.25, 0.3) is 11.0 Å². The summed E-state index contributed by atoms with van der Waals surface area (Å²) >= 11 is 0. The predicted molar refractivity (Wildman–Crippen MR) is 108 cm³/mol. The summed E-state index contributed by atoms with van der Waals surface area (Å²) < 4.78 is 7.20. The standard InChI is InChI=1S/C21H24N4O4/c1-13-11-17(19-14(2)24-25(3)20(19)23-13)21(28)22-12-15-6-8-16(9-7-15)29-10-4-5-18(26)27/h6-9,11H,4-5,10,12H2,1-3H3,(H,22,28)(H,26,27). The molecule has 0 atom stereocenters. The van der Waals surface area contributed by atoms with Crippen LogP contribution in [0.2, 0.25) is 0 Å². The number of fused-ring (bicyclic) bond motifs is 1. The summed E-state index contributed by atoms with van der Waals surface area (Å²) in [6.45, 7) is 4.45. The number of hydrogen-bond acceptors (Lipinski definition) is 5. The number of ether oxygens (including phenoxy) is 1. The summed E-state index contributed by atoms with van der Waals surface area (Å²) in [6.07, 6.45) is 0.545. The number of nitrogens with one attached hydrogen (secondary N) is 1. The second kappa shape index (κ2) is 8.72.